The molecule has 3 rings (SSSR count). The summed E-state index contributed by atoms with van der Waals surface area (Å²) in [5.41, 5.74) is 7.38. The van der Waals surface area contributed by atoms with Crippen molar-refractivity contribution in [1.82, 2.24) is 15.2 Å². The van der Waals surface area contributed by atoms with Gasteiger partial charge in [0.15, 0.2) is 6.61 Å². The van der Waals surface area contributed by atoms with Crippen LogP contribution in [0.5, 0.6) is 5.75 Å². The number of aryl methyl sites for hydroxylation is 2. The number of hydrazine groups is 1. The fourth-order valence-corrected chi connectivity index (χ4v) is 4.80. The fraction of sp³-hybridized carbons (Fsp3) is 0.417. The Hall–Kier alpha value is -3.11. The minimum absolute atomic E-state index is 0.00750. The first kappa shape index (κ1) is 25.5. The van der Waals surface area contributed by atoms with Crippen LogP contribution < -0.4 is 20.5 Å². The topological polar surface area (TPSA) is 108 Å². The predicted octanol–water partition coefficient (Wildman–Crippen LogP) is 2.38. The summed E-state index contributed by atoms with van der Waals surface area (Å²) in [5.74, 6) is -0.512. The van der Waals surface area contributed by atoms with Gasteiger partial charge in [-0.2, -0.15) is 0 Å². The first-order valence-electron chi connectivity index (χ1n) is 11.2. The molecule has 10 heteroatoms. The Balaban J connectivity index is 1.75. The Kier molecular flexibility index (Phi) is 8.16. The number of piperidine rings is 1. The normalized spacial score (nSPS) is 14.1. The van der Waals surface area contributed by atoms with Gasteiger partial charge < -0.3 is 9.64 Å². The van der Waals surface area contributed by atoms with Crippen molar-refractivity contribution >= 4 is 27.5 Å². The number of nitrogens with one attached hydrogen (secondary N) is 2. The molecule has 9 nitrogen and oxygen atoms in total. The summed E-state index contributed by atoms with van der Waals surface area (Å²) in [4.78, 5) is 27.4. The number of sulfonamides is 1. The van der Waals surface area contributed by atoms with E-state index in [-0.39, 0.29) is 17.1 Å². The fourth-order valence-electron chi connectivity index (χ4n) is 3.87. The van der Waals surface area contributed by atoms with Crippen LogP contribution in [0.2, 0.25) is 0 Å². The second-order valence-corrected chi connectivity index (χ2v) is 10.7. The summed E-state index contributed by atoms with van der Waals surface area (Å²) >= 11 is 0. The van der Waals surface area contributed by atoms with Gasteiger partial charge >= 0.3 is 0 Å². The van der Waals surface area contributed by atoms with E-state index in [0.29, 0.717) is 11.4 Å². The summed E-state index contributed by atoms with van der Waals surface area (Å²) in [6.07, 6.45) is 3.10. The van der Waals surface area contributed by atoms with Crippen LogP contribution in [-0.4, -0.2) is 58.3 Å². The standard InChI is InChI=1S/C24H32N4O5S/c1-17-9-8-10-18(2)23(17)33-16-22(29)25-26-24(30)20-15-19(34(31,32)27(3)4)11-12-21(20)28-13-6-5-7-14-28/h8-12,15H,5-7,13-14,16H2,1-4H3,(H,25,29)(H,26,30). The van der Waals surface area contributed by atoms with Gasteiger partial charge in [-0.15, -0.1) is 0 Å². The smallest absolute Gasteiger partial charge is 0.276 e. The number of ether oxygens (including phenoxy) is 1. The highest BCUT2D eigenvalue weighted by molar-refractivity contribution is 7.89. The lowest BCUT2D eigenvalue weighted by Crippen LogP contribution is -2.44. The first-order chi connectivity index (χ1) is 16.1. The molecular formula is C24H32N4O5S. The van der Waals surface area contributed by atoms with E-state index in [1.54, 1.807) is 6.07 Å². The minimum atomic E-state index is -3.73. The van der Waals surface area contributed by atoms with Crippen molar-refractivity contribution < 1.29 is 22.7 Å². The van der Waals surface area contributed by atoms with Gasteiger partial charge in [0.2, 0.25) is 10.0 Å². The third-order valence-electron chi connectivity index (χ3n) is 5.76. The summed E-state index contributed by atoms with van der Waals surface area (Å²) in [6.45, 7) is 5.05. The maximum Gasteiger partial charge on any atom is 0.276 e. The Morgan fingerprint density at radius 3 is 2.26 bits per heavy atom. The summed E-state index contributed by atoms with van der Waals surface area (Å²) in [6, 6.07) is 10.2. The molecule has 2 aromatic carbocycles. The van der Waals surface area contributed by atoms with Gasteiger partial charge in [-0.05, 0) is 62.4 Å². The number of hydrogen-bond donors (Lipinski definition) is 2. The molecular weight excluding hydrogens is 456 g/mol. The van der Waals surface area contributed by atoms with Crippen LogP contribution in [0, 0.1) is 13.8 Å². The van der Waals surface area contributed by atoms with Gasteiger partial charge in [0.1, 0.15) is 5.75 Å². The van der Waals surface area contributed by atoms with Crippen molar-refractivity contribution in [1.29, 1.82) is 0 Å². The summed E-state index contributed by atoms with van der Waals surface area (Å²) < 4.78 is 32.0. The van der Waals surface area contributed by atoms with Crippen molar-refractivity contribution in [2.45, 2.75) is 38.0 Å². The molecule has 34 heavy (non-hydrogen) atoms. The molecule has 0 aliphatic carbocycles. The molecule has 0 aromatic heterocycles. The van der Waals surface area contributed by atoms with Crippen molar-refractivity contribution in [3.05, 3.63) is 53.1 Å². The number of para-hydroxylation sites is 1. The largest absolute Gasteiger partial charge is 0.483 e. The number of hydrogen-bond acceptors (Lipinski definition) is 6. The molecule has 1 aliphatic heterocycles. The highest BCUT2D eigenvalue weighted by atomic mass is 32.2. The van der Waals surface area contributed by atoms with E-state index in [1.807, 2.05) is 32.0 Å². The Bertz CT molecular complexity index is 1140. The van der Waals surface area contributed by atoms with Crippen LogP contribution in [0.25, 0.3) is 0 Å². The monoisotopic (exact) mass is 488 g/mol. The van der Waals surface area contributed by atoms with Gasteiger partial charge in [-0.1, -0.05) is 18.2 Å². The SMILES string of the molecule is Cc1cccc(C)c1OCC(=O)NNC(=O)c1cc(S(=O)(=O)N(C)C)ccc1N1CCCCC1. The zero-order valence-electron chi connectivity index (χ0n) is 20.1. The van der Waals surface area contributed by atoms with Gasteiger partial charge in [0.25, 0.3) is 11.8 Å². The Labute approximate surface area is 201 Å². The molecule has 0 bridgehead atoms. The van der Waals surface area contributed by atoms with Gasteiger partial charge in [-0.3, -0.25) is 20.4 Å². The minimum Gasteiger partial charge on any atom is -0.483 e. The number of carbonyl (C=O) groups excluding carboxylic acids is 2. The molecule has 184 valence electrons. The predicted molar refractivity (Wildman–Crippen MR) is 130 cm³/mol. The molecule has 1 heterocycles. The van der Waals surface area contributed by atoms with Gasteiger partial charge in [0.05, 0.1) is 10.5 Å². The lowest BCUT2D eigenvalue weighted by molar-refractivity contribution is -0.123. The van der Waals surface area contributed by atoms with E-state index in [2.05, 4.69) is 15.8 Å². The molecule has 1 fully saturated rings. The lowest BCUT2D eigenvalue weighted by Gasteiger charge is -2.30. The lowest BCUT2D eigenvalue weighted by atomic mass is 10.1. The molecule has 0 radical (unpaired) electrons. The molecule has 2 N–H and O–H groups in total. The number of nitrogens with zero attached hydrogens (tertiary/aromatic N) is 2. The maximum absolute atomic E-state index is 13.0. The van der Waals surface area contributed by atoms with Crippen LogP contribution in [0.15, 0.2) is 41.3 Å². The molecule has 0 unspecified atom stereocenters. The van der Waals surface area contributed by atoms with Crippen molar-refractivity contribution in [2.24, 2.45) is 0 Å². The van der Waals surface area contributed by atoms with Crippen molar-refractivity contribution in [2.75, 3.05) is 38.7 Å². The second-order valence-electron chi connectivity index (χ2n) is 8.53. The van der Waals surface area contributed by atoms with E-state index in [4.69, 9.17) is 4.74 Å². The highest BCUT2D eigenvalue weighted by Crippen LogP contribution is 2.28. The average Bonchev–Trinajstić information content (AvgIpc) is 2.82. The van der Waals surface area contributed by atoms with Crippen LogP contribution in [0.3, 0.4) is 0 Å². The van der Waals surface area contributed by atoms with E-state index in [1.165, 1.54) is 26.2 Å². The second kappa shape index (κ2) is 10.9. The van der Waals surface area contributed by atoms with Crippen molar-refractivity contribution in [3.8, 4) is 5.75 Å². The summed E-state index contributed by atoms with van der Waals surface area (Å²) in [7, 11) is -0.863. The summed E-state index contributed by atoms with van der Waals surface area (Å²) in [5, 5.41) is 0. The van der Waals surface area contributed by atoms with E-state index in [0.717, 1.165) is 47.8 Å². The third-order valence-corrected chi connectivity index (χ3v) is 7.57. The van der Waals surface area contributed by atoms with E-state index >= 15 is 0 Å². The van der Waals surface area contributed by atoms with Crippen molar-refractivity contribution in [3.63, 3.8) is 0 Å². The van der Waals surface area contributed by atoms with Crippen LogP contribution in [0.4, 0.5) is 5.69 Å². The Morgan fingerprint density at radius 1 is 1.00 bits per heavy atom. The molecule has 1 aliphatic rings. The molecule has 0 spiro atoms. The third kappa shape index (κ3) is 5.87. The number of benzene rings is 2. The van der Waals surface area contributed by atoms with Gasteiger partial charge in [0, 0.05) is 32.9 Å². The zero-order valence-corrected chi connectivity index (χ0v) is 20.9. The highest BCUT2D eigenvalue weighted by Gasteiger charge is 2.24. The molecule has 0 atom stereocenters. The number of carbonyl (C=O) groups is 2. The van der Waals surface area contributed by atoms with Crippen LogP contribution in [-0.2, 0) is 14.8 Å². The number of amides is 2. The number of rotatable bonds is 7. The average molecular weight is 489 g/mol. The van der Waals surface area contributed by atoms with Gasteiger partial charge in [-0.25, -0.2) is 12.7 Å². The quantitative estimate of drug-likeness (QED) is 0.580. The molecule has 0 saturated carbocycles. The zero-order chi connectivity index (χ0) is 24.9. The maximum atomic E-state index is 13.0. The Morgan fingerprint density at radius 2 is 1.65 bits per heavy atom. The van der Waals surface area contributed by atoms with Crippen LogP contribution in [0.1, 0.15) is 40.7 Å². The number of anilines is 1. The van der Waals surface area contributed by atoms with Crippen LogP contribution >= 0.6 is 0 Å². The van der Waals surface area contributed by atoms with E-state index in [9.17, 15) is 18.0 Å². The molecule has 2 aromatic rings. The molecule has 1 saturated heterocycles. The molecule has 2 amide bonds. The van der Waals surface area contributed by atoms with E-state index < -0.39 is 21.8 Å². The first-order valence-corrected chi connectivity index (χ1v) is 12.6.